The van der Waals surface area contributed by atoms with Crippen molar-refractivity contribution >= 4 is 52.0 Å². The van der Waals surface area contributed by atoms with E-state index in [-0.39, 0.29) is 18.4 Å². The number of hydrogen-bond acceptors (Lipinski definition) is 3. The summed E-state index contributed by atoms with van der Waals surface area (Å²) < 4.78 is 0. The van der Waals surface area contributed by atoms with Crippen molar-refractivity contribution in [3.8, 4) is 11.1 Å². The van der Waals surface area contributed by atoms with Gasteiger partial charge < -0.3 is 10.2 Å². The Bertz CT molecular complexity index is 969. The molecule has 2 amide bonds. The van der Waals surface area contributed by atoms with Gasteiger partial charge in [-0.05, 0) is 36.1 Å². The quantitative estimate of drug-likeness (QED) is 0.532. The van der Waals surface area contributed by atoms with Crippen molar-refractivity contribution in [3.05, 3.63) is 74.9 Å². The van der Waals surface area contributed by atoms with Crippen LogP contribution in [-0.4, -0.2) is 29.8 Å². The summed E-state index contributed by atoms with van der Waals surface area (Å²) in [6, 6.07) is 16.6. The molecule has 0 bridgehead atoms. The van der Waals surface area contributed by atoms with Crippen LogP contribution in [0, 0.1) is 0 Å². The predicted octanol–water partition coefficient (Wildman–Crippen LogP) is 5.82. The summed E-state index contributed by atoms with van der Waals surface area (Å²) in [5.41, 5.74) is 2.18. The fourth-order valence-corrected chi connectivity index (χ4v) is 4.14. The molecule has 1 aromatic heterocycles. The van der Waals surface area contributed by atoms with E-state index in [0.29, 0.717) is 27.2 Å². The summed E-state index contributed by atoms with van der Waals surface area (Å²) in [5.74, 6) is -0.542. The number of carbonyl (C=O) groups excluding carboxylic acids is 2. The van der Waals surface area contributed by atoms with Crippen LogP contribution < -0.4 is 5.32 Å². The Labute approximate surface area is 177 Å². The van der Waals surface area contributed by atoms with E-state index >= 15 is 0 Å². The molecule has 0 fully saturated rings. The summed E-state index contributed by atoms with van der Waals surface area (Å²) in [7, 11) is 0. The molecule has 0 unspecified atom stereocenters. The Morgan fingerprint density at radius 3 is 2.32 bits per heavy atom. The molecule has 0 aliphatic rings. The first-order chi connectivity index (χ1) is 13.5. The molecule has 2 aromatic carbocycles. The van der Waals surface area contributed by atoms with Crippen molar-refractivity contribution in [2.75, 3.05) is 18.4 Å². The Hall–Kier alpha value is -2.34. The fraction of sp³-hybridized carbons (Fsp3) is 0.143. The number of nitrogens with zero attached hydrogens (tertiary/aromatic N) is 1. The molecule has 0 saturated heterocycles. The second-order valence-corrected chi connectivity index (χ2v) is 7.72. The van der Waals surface area contributed by atoms with Gasteiger partial charge >= 0.3 is 0 Å². The van der Waals surface area contributed by atoms with E-state index in [0.717, 1.165) is 11.1 Å². The molecule has 3 rings (SSSR count). The molecule has 0 aliphatic carbocycles. The van der Waals surface area contributed by atoms with Gasteiger partial charge in [-0.15, -0.1) is 11.3 Å². The van der Waals surface area contributed by atoms with Gasteiger partial charge in [-0.25, -0.2) is 0 Å². The molecule has 0 spiro atoms. The first kappa shape index (κ1) is 20.4. The second kappa shape index (κ2) is 9.24. The van der Waals surface area contributed by atoms with Gasteiger partial charge in [0, 0.05) is 12.1 Å². The number of amides is 2. The number of halogens is 2. The molecule has 1 N–H and O–H groups in total. The lowest BCUT2D eigenvalue weighted by Gasteiger charge is -2.21. The standard InChI is InChI=1S/C21H18Cl2N2O2S/c1-2-25(13-18(26)24-19-16(22)9-6-10-17(19)23)21(27)20-15(11-12-28-20)14-7-4-3-5-8-14/h3-12H,2,13H2,1H3,(H,24,26). The van der Waals surface area contributed by atoms with E-state index in [2.05, 4.69) is 5.32 Å². The van der Waals surface area contributed by atoms with Gasteiger partial charge in [0.1, 0.15) is 6.54 Å². The van der Waals surface area contributed by atoms with Crippen molar-refractivity contribution in [2.45, 2.75) is 6.92 Å². The van der Waals surface area contributed by atoms with E-state index in [1.54, 1.807) is 18.2 Å². The van der Waals surface area contributed by atoms with Gasteiger partial charge in [-0.3, -0.25) is 9.59 Å². The zero-order chi connectivity index (χ0) is 20.1. The van der Waals surface area contributed by atoms with E-state index in [9.17, 15) is 9.59 Å². The Balaban J connectivity index is 1.76. The number of benzene rings is 2. The molecule has 3 aromatic rings. The van der Waals surface area contributed by atoms with E-state index in [1.165, 1.54) is 16.2 Å². The molecule has 0 atom stereocenters. The molecule has 7 heteroatoms. The highest BCUT2D eigenvalue weighted by Crippen LogP contribution is 2.31. The third-order valence-corrected chi connectivity index (χ3v) is 5.71. The number of likely N-dealkylation sites (N-methyl/N-ethyl adjacent to an activating group) is 1. The number of rotatable bonds is 6. The first-order valence-electron chi connectivity index (χ1n) is 8.67. The molecule has 144 valence electrons. The lowest BCUT2D eigenvalue weighted by molar-refractivity contribution is -0.116. The van der Waals surface area contributed by atoms with Crippen LogP contribution in [0.3, 0.4) is 0 Å². The van der Waals surface area contributed by atoms with Crippen LogP contribution in [0.2, 0.25) is 10.0 Å². The lowest BCUT2D eigenvalue weighted by atomic mass is 10.1. The third-order valence-electron chi connectivity index (χ3n) is 4.17. The van der Waals surface area contributed by atoms with Gasteiger partial charge in [-0.2, -0.15) is 0 Å². The summed E-state index contributed by atoms with van der Waals surface area (Å²) in [6.07, 6.45) is 0. The number of para-hydroxylation sites is 1. The van der Waals surface area contributed by atoms with Gasteiger partial charge in [-0.1, -0.05) is 59.6 Å². The maximum absolute atomic E-state index is 13.1. The van der Waals surface area contributed by atoms with Crippen LogP contribution in [0.5, 0.6) is 0 Å². The minimum atomic E-state index is -0.358. The normalized spacial score (nSPS) is 10.5. The minimum Gasteiger partial charge on any atom is -0.329 e. The highest BCUT2D eigenvalue weighted by molar-refractivity contribution is 7.12. The highest BCUT2D eigenvalue weighted by atomic mass is 35.5. The maximum atomic E-state index is 13.1. The molecular formula is C21H18Cl2N2O2S. The predicted molar refractivity (Wildman–Crippen MR) is 116 cm³/mol. The van der Waals surface area contributed by atoms with E-state index in [1.807, 2.05) is 48.7 Å². The number of anilines is 1. The number of thiophene rings is 1. The first-order valence-corrected chi connectivity index (χ1v) is 10.3. The highest BCUT2D eigenvalue weighted by Gasteiger charge is 2.22. The van der Waals surface area contributed by atoms with Gasteiger partial charge in [0.15, 0.2) is 0 Å². The molecule has 28 heavy (non-hydrogen) atoms. The van der Waals surface area contributed by atoms with Crippen LogP contribution in [-0.2, 0) is 4.79 Å². The minimum absolute atomic E-state index is 0.0942. The number of hydrogen-bond donors (Lipinski definition) is 1. The molecule has 0 aliphatic heterocycles. The SMILES string of the molecule is CCN(CC(=O)Nc1c(Cl)cccc1Cl)C(=O)c1sccc1-c1ccccc1. The van der Waals surface area contributed by atoms with Crippen LogP contribution >= 0.6 is 34.5 Å². The molecule has 0 saturated carbocycles. The third kappa shape index (κ3) is 4.55. The summed E-state index contributed by atoms with van der Waals surface area (Å²) in [6.45, 7) is 2.14. The Kier molecular flexibility index (Phi) is 6.73. The molecule has 0 radical (unpaired) electrons. The summed E-state index contributed by atoms with van der Waals surface area (Å²) >= 11 is 13.6. The van der Waals surface area contributed by atoms with Crippen molar-refractivity contribution < 1.29 is 9.59 Å². The summed E-state index contributed by atoms with van der Waals surface area (Å²) in [5, 5.41) is 5.27. The Morgan fingerprint density at radius 2 is 1.68 bits per heavy atom. The average molecular weight is 433 g/mol. The van der Waals surface area contributed by atoms with E-state index in [4.69, 9.17) is 23.2 Å². The van der Waals surface area contributed by atoms with Crippen LogP contribution in [0.15, 0.2) is 60.0 Å². The summed E-state index contributed by atoms with van der Waals surface area (Å²) in [4.78, 5) is 27.7. The molecular weight excluding hydrogens is 415 g/mol. The monoisotopic (exact) mass is 432 g/mol. The van der Waals surface area contributed by atoms with Crippen molar-refractivity contribution in [2.24, 2.45) is 0 Å². The van der Waals surface area contributed by atoms with Gasteiger partial charge in [0.25, 0.3) is 5.91 Å². The van der Waals surface area contributed by atoms with Crippen LogP contribution in [0.4, 0.5) is 5.69 Å². The number of carbonyl (C=O) groups is 2. The maximum Gasteiger partial charge on any atom is 0.265 e. The van der Waals surface area contributed by atoms with Crippen LogP contribution in [0.1, 0.15) is 16.6 Å². The largest absolute Gasteiger partial charge is 0.329 e. The lowest BCUT2D eigenvalue weighted by Crippen LogP contribution is -2.37. The topological polar surface area (TPSA) is 49.4 Å². The van der Waals surface area contributed by atoms with Gasteiger partial charge in [0.2, 0.25) is 5.91 Å². The van der Waals surface area contributed by atoms with Crippen molar-refractivity contribution in [1.82, 2.24) is 4.90 Å². The second-order valence-electron chi connectivity index (χ2n) is 5.99. The average Bonchev–Trinajstić information content (AvgIpc) is 3.19. The molecule has 4 nitrogen and oxygen atoms in total. The van der Waals surface area contributed by atoms with E-state index < -0.39 is 0 Å². The smallest absolute Gasteiger partial charge is 0.265 e. The van der Waals surface area contributed by atoms with Crippen molar-refractivity contribution in [1.29, 1.82) is 0 Å². The number of nitrogens with one attached hydrogen (secondary N) is 1. The molecule has 1 heterocycles. The Morgan fingerprint density at radius 1 is 1.00 bits per heavy atom. The zero-order valence-corrected chi connectivity index (χ0v) is 17.4. The zero-order valence-electron chi connectivity index (χ0n) is 15.1. The fourth-order valence-electron chi connectivity index (χ4n) is 2.76. The van der Waals surface area contributed by atoms with Crippen LogP contribution in [0.25, 0.3) is 11.1 Å². The van der Waals surface area contributed by atoms with Crippen molar-refractivity contribution in [3.63, 3.8) is 0 Å². The van der Waals surface area contributed by atoms with Gasteiger partial charge in [0.05, 0.1) is 20.6 Å².